The van der Waals surface area contributed by atoms with Gasteiger partial charge in [-0.15, -0.1) is 0 Å². The van der Waals surface area contributed by atoms with Crippen molar-refractivity contribution in [3.05, 3.63) is 29.8 Å². The second kappa shape index (κ2) is 14.8. The van der Waals surface area contributed by atoms with Gasteiger partial charge in [0.15, 0.2) is 0 Å². The fraction of sp³-hybridized carbons (Fsp3) is 0.682. The SMILES string of the molecule is CCCCCCCCCCCCCCNC(=O)c1cccc(OC)c1. The van der Waals surface area contributed by atoms with Crippen LogP contribution in [0, 0.1) is 0 Å². The highest BCUT2D eigenvalue weighted by molar-refractivity contribution is 5.94. The van der Waals surface area contributed by atoms with E-state index in [0.717, 1.165) is 18.7 Å². The molecule has 0 spiro atoms. The third-order valence-corrected chi connectivity index (χ3v) is 4.65. The summed E-state index contributed by atoms with van der Waals surface area (Å²) in [7, 11) is 1.61. The van der Waals surface area contributed by atoms with Crippen molar-refractivity contribution in [2.24, 2.45) is 0 Å². The fourth-order valence-corrected chi connectivity index (χ4v) is 3.03. The predicted molar refractivity (Wildman–Crippen MR) is 106 cm³/mol. The van der Waals surface area contributed by atoms with E-state index >= 15 is 0 Å². The molecule has 1 aromatic carbocycles. The molecule has 0 fully saturated rings. The molecule has 0 saturated heterocycles. The van der Waals surface area contributed by atoms with Crippen molar-refractivity contribution in [3.8, 4) is 5.75 Å². The Morgan fingerprint density at radius 3 is 2.00 bits per heavy atom. The van der Waals surface area contributed by atoms with E-state index in [9.17, 15) is 4.79 Å². The summed E-state index contributed by atoms with van der Waals surface area (Å²) in [5.74, 6) is 0.708. The number of carbonyl (C=O) groups is 1. The van der Waals surface area contributed by atoms with Crippen molar-refractivity contribution in [1.82, 2.24) is 5.32 Å². The highest BCUT2D eigenvalue weighted by atomic mass is 16.5. The van der Waals surface area contributed by atoms with E-state index in [2.05, 4.69) is 12.2 Å². The summed E-state index contributed by atoms with van der Waals surface area (Å²) < 4.78 is 5.15. The van der Waals surface area contributed by atoms with Crippen LogP contribution in [0.3, 0.4) is 0 Å². The monoisotopic (exact) mass is 347 g/mol. The molecular formula is C22H37NO2. The Morgan fingerprint density at radius 1 is 0.880 bits per heavy atom. The van der Waals surface area contributed by atoms with Crippen molar-refractivity contribution >= 4 is 5.91 Å². The summed E-state index contributed by atoms with van der Waals surface area (Å²) in [6.07, 6.45) is 16.0. The molecule has 0 radical (unpaired) electrons. The number of rotatable bonds is 15. The highest BCUT2D eigenvalue weighted by Gasteiger charge is 2.05. The summed E-state index contributed by atoms with van der Waals surface area (Å²) in [4.78, 5) is 12.0. The van der Waals surface area contributed by atoms with Gasteiger partial charge >= 0.3 is 0 Å². The summed E-state index contributed by atoms with van der Waals surface area (Å²) in [6, 6.07) is 7.29. The molecule has 1 rings (SSSR count). The minimum Gasteiger partial charge on any atom is -0.497 e. The Labute approximate surface area is 154 Å². The molecular weight excluding hydrogens is 310 g/mol. The molecule has 0 heterocycles. The number of methoxy groups -OCH3 is 1. The molecule has 0 bridgehead atoms. The number of nitrogens with one attached hydrogen (secondary N) is 1. The second-order valence-electron chi connectivity index (χ2n) is 6.88. The minimum absolute atomic E-state index is 0.0121. The number of benzene rings is 1. The lowest BCUT2D eigenvalue weighted by molar-refractivity contribution is 0.0952. The van der Waals surface area contributed by atoms with Gasteiger partial charge in [0.2, 0.25) is 0 Å². The lowest BCUT2D eigenvalue weighted by atomic mass is 10.1. The Balaban J connectivity index is 1.92. The lowest BCUT2D eigenvalue weighted by Crippen LogP contribution is -2.24. The summed E-state index contributed by atoms with van der Waals surface area (Å²) >= 11 is 0. The van der Waals surface area contributed by atoms with Crippen molar-refractivity contribution in [1.29, 1.82) is 0 Å². The topological polar surface area (TPSA) is 38.3 Å². The summed E-state index contributed by atoms with van der Waals surface area (Å²) in [5.41, 5.74) is 0.665. The predicted octanol–water partition coefficient (Wildman–Crippen LogP) is 6.13. The molecule has 1 amide bonds. The van der Waals surface area contributed by atoms with Crippen molar-refractivity contribution in [2.75, 3.05) is 13.7 Å². The molecule has 3 nitrogen and oxygen atoms in total. The van der Waals surface area contributed by atoms with E-state index in [1.165, 1.54) is 70.6 Å². The van der Waals surface area contributed by atoms with Crippen LogP contribution in [0.25, 0.3) is 0 Å². The zero-order valence-electron chi connectivity index (χ0n) is 16.3. The number of carbonyl (C=O) groups excluding carboxylic acids is 1. The van der Waals surface area contributed by atoms with Gasteiger partial charge < -0.3 is 10.1 Å². The molecule has 0 aromatic heterocycles. The summed E-state index contributed by atoms with van der Waals surface area (Å²) in [6.45, 7) is 3.03. The quantitative estimate of drug-likeness (QED) is 0.388. The summed E-state index contributed by atoms with van der Waals surface area (Å²) in [5, 5.41) is 2.99. The molecule has 1 N–H and O–H groups in total. The lowest BCUT2D eigenvalue weighted by Gasteiger charge is -2.07. The van der Waals surface area contributed by atoms with E-state index in [1.807, 2.05) is 18.2 Å². The van der Waals surface area contributed by atoms with Crippen LogP contribution in [0.15, 0.2) is 24.3 Å². The van der Waals surface area contributed by atoms with Crippen molar-refractivity contribution < 1.29 is 9.53 Å². The maximum absolute atomic E-state index is 12.0. The molecule has 142 valence electrons. The highest BCUT2D eigenvalue weighted by Crippen LogP contribution is 2.13. The maximum atomic E-state index is 12.0. The molecule has 3 heteroatoms. The first kappa shape index (κ1) is 21.5. The molecule has 0 unspecified atom stereocenters. The van der Waals surface area contributed by atoms with Crippen LogP contribution in [0.1, 0.15) is 94.3 Å². The number of ether oxygens (including phenoxy) is 1. The van der Waals surface area contributed by atoms with E-state index in [1.54, 1.807) is 13.2 Å². The van der Waals surface area contributed by atoms with Crippen LogP contribution in [0.5, 0.6) is 5.75 Å². The number of unbranched alkanes of at least 4 members (excludes halogenated alkanes) is 11. The molecule has 0 aliphatic rings. The number of amides is 1. The van der Waals surface area contributed by atoms with Crippen LogP contribution >= 0.6 is 0 Å². The van der Waals surface area contributed by atoms with Crippen LogP contribution in [-0.4, -0.2) is 19.6 Å². The Hall–Kier alpha value is -1.51. The molecule has 1 aromatic rings. The van der Waals surface area contributed by atoms with Crippen molar-refractivity contribution in [3.63, 3.8) is 0 Å². The van der Waals surface area contributed by atoms with Crippen LogP contribution in [0.4, 0.5) is 0 Å². The fourth-order valence-electron chi connectivity index (χ4n) is 3.03. The standard InChI is InChI=1S/C22H37NO2/c1-3-4-5-6-7-8-9-10-11-12-13-14-18-23-22(24)20-16-15-17-21(19-20)25-2/h15-17,19H,3-14,18H2,1-2H3,(H,23,24). The van der Waals surface area contributed by atoms with Gasteiger partial charge in [-0.25, -0.2) is 0 Å². The van der Waals surface area contributed by atoms with Crippen molar-refractivity contribution in [2.45, 2.75) is 84.0 Å². The van der Waals surface area contributed by atoms with Gasteiger partial charge in [0, 0.05) is 12.1 Å². The van der Waals surface area contributed by atoms with Gasteiger partial charge in [-0.1, -0.05) is 83.6 Å². The third-order valence-electron chi connectivity index (χ3n) is 4.65. The zero-order valence-corrected chi connectivity index (χ0v) is 16.3. The van der Waals surface area contributed by atoms with E-state index in [0.29, 0.717) is 5.56 Å². The van der Waals surface area contributed by atoms with Gasteiger partial charge in [-0.05, 0) is 24.6 Å². The first-order valence-corrected chi connectivity index (χ1v) is 10.2. The van der Waals surface area contributed by atoms with Gasteiger partial charge in [0.05, 0.1) is 7.11 Å². The van der Waals surface area contributed by atoms with Gasteiger partial charge in [-0.2, -0.15) is 0 Å². The first-order chi connectivity index (χ1) is 12.3. The number of hydrogen-bond acceptors (Lipinski definition) is 2. The normalized spacial score (nSPS) is 10.6. The second-order valence-corrected chi connectivity index (χ2v) is 6.88. The van der Waals surface area contributed by atoms with E-state index in [-0.39, 0.29) is 5.91 Å². The van der Waals surface area contributed by atoms with E-state index in [4.69, 9.17) is 4.74 Å². The first-order valence-electron chi connectivity index (χ1n) is 10.2. The molecule has 0 atom stereocenters. The largest absolute Gasteiger partial charge is 0.497 e. The van der Waals surface area contributed by atoms with E-state index < -0.39 is 0 Å². The average Bonchev–Trinajstić information content (AvgIpc) is 2.65. The van der Waals surface area contributed by atoms with Crippen LogP contribution in [0.2, 0.25) is 0 Å². The minimum atomic E-state index is -0.0121. The van der Waals surface area contributed by atoms with Crippen LogP contribution < -0.4 is 10.1 Å². The third kappa shape index (κ3) is 10.9. The molecule has 0 aliphatic carbocycles. The smallest absolute Gasteiger partial charge is 0.251 e. The van der Waals surface area contributed by atoms with Gasteiger partial charge in [0.1, 0.15) is 5.75 Å². The molecule has 0 saturated carbocycles. The van der Waals surface area contributed by atoms with Gasteiger partial charge in [-0.3, -0.25) is 4.79 Å². The molecule has 0 aliphatic heterocycles. The van der Waals surface area contributed by atoms with Gasteiger partial charge in [0.25, 0.3) is 5.91 Å². The Bertz CT molecular complexity index is 459. The maximum Gasteiger partial charge on any atom is 0.251 e. The Kier molecular flexibility index (Phi) is 12.7. The average molecular weight is 348 g/mol. The Morgan fingerprint density at radius 2 is 1.44 bits per heavy atom. The zero-order chi connectivity index (χ0) is 18.2. The number of hydrogen-bond donors (Lipinski definition) is 1. The molecule has 25 heavy (non-hydrogen) atoms. The van der Waals surface area contributed by atoms with Crippen LogP contribution in [-0.2, 0) is 0 Å².